The molecule has 108 valence electrons. The molecule has 0 aliphatic carbocycles. The Bertz CT molecular complexity index is 363. The molecule has 0 aromatic rings. The molecule has 0 spiro atoms. The summed E-state index contributed by atoms with van der Waals surface area (Å²) in [6.45, 7) is -1.19. The molecule has 10 heteroatoms. The second-order valence-electron chi connectivity index (χ2n) is 3.40. The van der Waals surface area contributed by atoms with Gasteiger partial charge in [-0.05, 0) is 0 Å². The van der Waals surface area contributed by atoms with Crippen LogP contribution in [0, 0.1) is 0 Å². The van der Waals surface area contributed by atoms with E-state index in [1.807, 2.05) is 0 Å². The first-order chi connectivity index (χ1) is 8.90. The van der Waals surface area contributed by atoms with Crippen molar-refractivity contribution in [3.63, 3.8) is 0 Å². The maximum Gasteiger partial charge on any atom is 0.322 e. The lowest BCUT2D eigenvalue weighted by molar-refractivity contribution is -0.137. The topological polar surface area (TPSA) is 151 Å². The Labute approximate surface area is 114 Å². The zero-order valence-electron chi connectivity index (χ0n) is 10.0. The first-order valence-corrected chi connectivity index (χ1v) is 5.90. The third kappa shape index (κ3) is 8.00. The van der Waals surface area contributed by atoms with E-state index in [0.29, 0.717) is 0 Å². The fourth-order valence-electron chi connectivity index (χ4n) is 0.975. The van der Waals surface area contributed by atoms with E-state index in [2.05, 4.69) is 28.6 Å². The Kier molecular flexibility index (Phi) is 8.29. The second kappa shape index (κ2) is 9.16. The van der Waals surface area contributed by atoms with Crippen LogP contribution in [0.15, 0.2) is 0 Å². The molecule has 0 bridgehead atoms. The molecule has 0 aromatic carbocycles. The number of carbonyl (C=O) groups excluding carboxylic acids is 3. The molecule has 0 saturated heterocycles. The molecule has 0 radical (unpaired) electrons. The van der Waals surface area contributed by atoms with E-state index in [4.69, 9.17) is 10.8 Å². The normalized spacial score (nSPS) is 11.3. The van der Waals surface area contributed by atoms with E-state index in [-0.39, 0.29) is 12.3 Å². The summed E-state index contributed by atoms with van der Waals surface area (Å²) in [7, 11) is 0. The lowest BCUT2D eigenvalue weighted by Gasteiger charge is -2.15. The molecule has 0 rings (SSSR count). The molecule has 0 aliphatic rings. The average molecular weight is 292 g/mol. The highest BCUT2D eigenvalue weighted by atomic mass is 32.1. The van der Waals surface area contributed by atoms with Crippen LogP contribution in [0.25, 0.3) is 0 Å². The third-order valence-corrected chi connectivity index (χ3v) is 2.24. The van der Waals surface area contributed by atoms with Gasteiger partial charge in [0, 0.05) is 5.75 Å². The summed E-state index contributed by atoms with van der Waals surface area (Å²) in [6.07, 6.45) is 0. The Morgan fingerprint density at radius 2 is 1.74 bits per heavy atom. The van der Waals surface area contributed by atoms with Gasteiger partial charge in [-0.15, -0.1) is 0 Å². The van der Waals surface area contributed by atoms with Crippen LogP contribution in [0.1, 0.15) is 0 Å². The lowest BCUT2D eigenvalue weighted by atomic mass is 10.3. The number of hydrogen-bond donors (Lipinski definition) is 6. The van der Waals surface area contributed by atoms with Crippen LogP contribution in [0.2, 0.25) is 0 Å². The number of carboxylic acid groups (broad SMARTS) is 1. The zero-order valence-corrected chi connectivity index (χ0v) is 10.9. The molecule has 0 aliphatic heterocycles. The number of amides is 3. The van der Waals surface area contributed by atoms with Gasteiger partial charge in [0.05, 0.1) is 13.1 Å². The van der Waals surface area contributed by atoms with Crippen molar-refractivity contribution in [2.24, 2.45) is 5.73 Å². The first kappa shape index (κ1) is 17.2. The second-order valence-corrected chi connectivity index (χ2v) is 3.76. The number of thiol groups is 1. The van der Waals surface area contributed by atoms with Crippen LogP contribution in [0.5, 0.6) is 0 Å². The monoisotopic (exact) mass is 292 g/mol. The van der Waals surface area contributed by atoms with E-state index in [1.165, 1.54) is 0 Å². The number of nitrogens with two attached hydrogens (primary N) is 1. The van der Waals surface area contributed by atoms with Crippen LogP contribution >= 0.6 is 12.6 Å². The van der Waals surface area contributed by atoms with Crippen LogP contribution in [-0.2, 0) is 19.2 Å². The van der Waals surface area contributed by atoms with Gasteiger partial charge in [0.2, 0.25) is 17.7 Å². The molecule has 1 unspecified atom stereocenters. The maximum absolute atomic E-state index is 11.6. The van der Waals surface area contributed by atoms with Crippen molar-refractivity contribution in [1.82, 2.24) is 16.0 Å². The maximum atomic E-state index is 11.6. The zero-order chi connectivity index (χ0) is 14.8. The van der Waals surface area contributed by atoms with Crippen molar-refractivity contribution in [1.29, 1.82) is 0 Å². The van der Waals surface area contributed by atoms with Crippen molar-refractivity contribution in [2.45, 2.75) is 6.04 Å². The van der Waals surface area contributed by atoms with E-state index in [1.54, 1.807) is 0 Å². The highest BCUT2D eigenvalue weighted by Gasteiger charge is 2.19. The van der Waals surface area contributed by atoms with Crippen molar-refractivity contribution in [2.75, 3.05) is 25.4 Å². The van der Waals surface area contributed by atoms with Crippen LogP contribution in [0.4, 0.5) is 0 Å². The predicted octanol–water partition coefficient (Wildman–Crippen LogP) is -3.32. The summed E-state index contributed by atoms with van der Waals surface area (Å²) in [5, 5.41) is 14.9. The molecule has 0 fully saturated rings. The molecule has 1 atom stereocenters. The Balaban J connectivity index is 4.09. The molecule has 6 N–H and O–H groups in total. The van der Waals surface area contributed by atoms with Crippen LogP contribution in [0.3, 0.4) is 0 Å². The van der Waals surface area contributed by atoms with E-state index in [0.717, 1.165) is 0 Å². The molecular formula is C9H16N4O5S. The summed E-state index contributed by atoms with van der Waals surface area (Å²) in [6, 6.07) is -0.911. The molecule has 9 nitrogen and oxygen atoms in total. The number of carbonyl (C=O) groups is 4. The quantitative estimate of drug-likeness (QED) is 0.258. The Morgan fingerprint density at radius 3 is 2.21 bits per heavy atom. The van der Waals surface area contributed by atoms with Gasteiger partial charge < -0.3 is 26.8 Å². The summed E-state index contributed by atoms with van der Waals surface area (Å²) >= 11 is 3.89. The molecular weight excluding hydrogens is 276 g/mol. The minimum absolute atomic E-state index is 0.0360. The average Bonchev–Trinajstić information content (AvgIpc) is 2.39. The summed E-state index contributed by atoms with van der Waals surface area (Å²) in [5.74, 6) is -2.94. The van der Waals surface area contributed by atoms with E-state index < -0.39 is 42.8 Å². The first-order valence-electron chi connectivity index (χ1n) is 5.27. The van der Waals surface area contributed by atoms with Gasteiger partial charge in [0.25, 0.3) is 0 Å². The Morgan fingerprint density at radius 1 is 1.11 bits per heavy atom. The smallest absolute Gasteiger partial charge is 0.322 e. The van der Waals surface area contributed by atoms with Crippen molar-refractivity contribution >= 4 is 36.3 Å². The molecule has 0 aromatic heterocycles. The fraction of sp³-hybridized carbons (Fsp3) is 0.556. The fourth-order valence-corrected chi connectivity index (χ4v) is 1.23. The Hall–Kier alpha value is -1.81. The van der Waals surface area contributed by atoms with E-state index in [9.17, 15) is 19.2 Å². The molecule has 0 saturated carbocycles. The highest BCUT2D eigenvalue weighted by Crippen LogP contribution is 1.88. The molecule has 19 heavy (non-hydrogen) atoms. The van der Waals surface area contributed by atoms with Gasteiger partial charge >= 0.3 is 5.97 Å². The van der Waals surface area contributed by atoms with Crippen molar-refractivity contribution in [3.05, 3.63) is 0 Å². The van der Waals surface area contributed by atoms with E-state index >= 15 is 0 Å². The largest absolute Gasteiger partial charge is 0.480 e. The molecule has 0 heterocycles. The summed E-state index contributed by atoms with van der Waals surface area (Å²) in [4.78, 5) is 43.9. The summed E-state index contributed by atoms with van der Waals surface area (Å²) < 4.78 is 0. The molecule has 3 amide bonds. The number of aliphatic carboxylic acids is 1. The van der Waals surface area contributed by atoms with Gasteiger partial charge in [0.1, 0.15) is 12.6 Å². The van der Waals surface area contributed by atoms with Crippen molar-refractivity contribution < 1.29 is 24.3 Å². The third-order valence-electron chi connectivity index (χ3n) is 1.88. The SMILES string of the molecule is NCC(=O)NC(CS)C(=O)NCC(=O)NCC(=O)O. The number of hydrogen-bond acceptors (Lipinski definition) is 6. The van der Waals surface area contributed by atoms with Gasteiger partial charge in [-0.2, -0.15) is 12.6 Å². The van der Waals surface area contributed by atoms with Gasteiger partial charge in [-0.25, -0.2) is 0 Å². The van der Waals surface area contributed by atoms with Crippen molar-refractivity contribution in [3.8, 4) is 0 Å². The predicted molar refractivity (Wildman–Crippen MR) is 68.5 cm³/mol. The van der Waals surface area contributed by atoms with Crippen LogP contribution in [-0.4, -0.2) is 60.2 Å². The number of nitrogens with one attached hydrogen (secondary N) is 3. The highest BCUT2D eigenvalue weighted by molar-refractivity contribution is 7.80. The minimum Gasteiger partial charge on any atom is -0.480 e. The van der Waals surface area contributed by atoms with Gasteiger partial charge in [-0.3, -0.25) is 19.2 Å². The lowest BCUT2D eigenvalue weighted by Crippen LogP contribution is -2.51. The van der Waals surface area contributed by atoms with Gasteiger partial charge in [-0.1, -0.05) is 0 Å². The van der Waals surface area contributed by atoms with Crippen LogP contribution < -0.4 is 21.7 Å². The number of rotatable bonds is 8. The standard InChI is InChI=1S/C9H16N4O5S/c10-1-6(14)13-5(4-19)9(18)12-2-7(15)11-3-8(16)17/h5,19H,1-4,10H2,(H,11,15)(H,12,18)(H,13,14)(H,16,17). The summed E-state index contributed by atoms with van der Waals surface area (Å²) in [5.41, 5.74) is 5.08. The van der Waals surface area contributed by atoms with Gasteiger partial charge in [0.15, 0.2) is 0 Å². The minimum atomic E-state index is -1.19. The number of carboxylic acids is 1.